The second-order valence-electron chi connectivity index (χ2n) is 5.72. The Balaban J connectivity index is 0.00000484. The van der Waals surface area contributed by atoms with Crippen molar-refractivity contribution < 1.29 is 0 Å². The smallest absolute Gasteiger partial charge is 0.191 e. The van der Waals surface area contributed by atoms with Gasteiger partial charge >= 0.3 is 0 Å². The van der Waals surface area contributed by atoms with Crippen LogP contribution in [-0.4, -0.2) is 59.9 Å². The zero-order valence-electron chi connectivity index (χ0n) is 14.9. The lowest BCUT2D eigenvalue weighted by molar-refractivity contribution is 0.389. The van der Waals surface area contributed by atoms with Gasteiger partial charge in [-0.05, 0) is 33.5 Å². The van der Waals surface area contributed by atoms with Crippen LogP contribution in [0, 0.1) is 0 Å². The first-order chi connectivity index (χ1) is 10.6. The van der Waals surface area contributed by atoms with Gasteiger partial charge in [0, 0.05) is 20.6 Å². The molecule has 0 aliphatic carbocycles. The molecular weight excluding hydrogens is 405 g/mol. The van der Waals surface area contributed by atoms with Gasteiger partial charge in [0.2, 0.25) is 0 Å². The van der Waals surface area contributed by atoms with Gasteiger partial charge in [-0.2, -0.15) is 5.10 Å². The van der Waals surface area contributed by atoms with Crippen molar-refractivity contribution in [2.75, 3.05) is 34.2 Å². The van der Waals surface area contributed by atoms with Crippen molar-refractivity contribution in [3.8, 4) is 0 Å². The van der Waals surface area contributed by atoms with Crippen molar-refractivity contribution in [3.63, 3.8) is 0 Å². The minimum atomic E-state index is 0. The SMILES string of the molecule is CN=C(NCCCCCCCN(C)C)NCc1ncnn1C.I. The summed E-state index contributed by atoms with van der Waals surface area (Å²) in [7, 11) is 7.93. The van der Waals surface area contributed by atoms with Crippen molar-refractivity contribution >= 4 is 29.9 Å². The van der Waals surface area contributed by atoms with Crippen LogP contribution in [-0.2, 0) is 13.6 Å². The van der Waals surface area contributed by atoms with Crippen molar-refractivity contribution in [1.29, 1.82) is 0 Å². The molecule has 1 aromatic heterocycles. The Kier molecular flexibility index (Phi) is 13.0. The Bertz CT molecular complexity index is 431. The monoisotopic (exact) mass is 437 g/mol. The van der Waals surface area contributed by atoms with Gasteiger partial charge in [-0.25, -0.2) is 4.98 Å². The first kappa shape index (κ1) is 22.1. The number of rotatable bonds is 10. The van der Waals surface area contributed by atoms with E-state index in [-0.39, 0.29) is 24.0 Å². The molecule has 0 amide bonds. The van der Waals surface area contributed by atoms with Gasteiger partial charge in [-0.1, -0.05) is 19.3 Å². The Hall–Kier alpha value is -0.900. The largest absolute Gasteiger partial charge is 0.356 e. The van der Waals surface area contributed by atoms with Crippen molar-refractivity contribution in [3.05, 3.63) is 12.2 Å². The Morgan fingerprint density at radius 2 is 1.87 bits per heavy atom. The summed E-state index contributed by atoms with van der Waals surface area (Å²) in [6.07, 6.45) is 7.91. The van der Waals surface area contributed by atoms with Gasteiger partial charge in [0.05, 0.1) is 6.54 Å². The molecule has 0 aliphatic rings. The summed E-state index contributed by atoms with van der Waals surface area (Å²) in [6.45, 7) is 2.77. The molecule has 1 heterocycles. The molecule has 7 nitrogen and oxygen atoms in total. The van der Waals surface area contributed by atoms with E-state index in [1.807, 2.05) is 7.05 Å². The summed E-state index contributed by atoms with van der Waals surface area (Å²) in [5, 5.41) is 10.6. The van der Waals surface area contributed by atoms with E-state index in [1.165, 1.54) is 38.6 Å². The van der Waals surface area contributed by atoms with Crippen molar-refractivity contribution in [2.24, 2.45) is 12.0 Å². The molecule has 0 fully saturated rings. The van der Waals surface area contributed by atoms with Gasteiger partial charge in [0.1, 0.15) is 12.2 Å². The second kappa shape index (κ2) is 13.5. The minimum absolute atomic E-state index is 0. The van der Waals surface area contributed by atoms with E-state index in [0.29, 0.717) is 6.54 Å². The maximum absolute atomic E-state index is 4.22. The van der Waals surface area contributed by atoms with Crippen LogP contribution < -0.4 is 10.6 Å². The molecule has 134 valence electrons. The van der Waals surface area contributed by atoms with Crippen LogP contribution >= 0.6 is 24.0 Å². The van der Waals surface area contributed by atoms with Gasteiger partial charge in [-0.3, -0.25) is 9.67 Å². The van der Waals surface area contributed by atoms with E-state index in [0.717, 1.165) is 18.3 Å². The molecule has 2 N–H and O–H groups in total. The molecule has 0 aromatic carbocycles. The van der Waals surface area contributed by atoms with Crippen LogP contribution in [0.3, 0.4) is 0 Å². The standard InChI is InChI=1S/C15H31N7.HI/c1-16-15(18-12-14-19-13-20-22(14)4)17-10-8-6-5-7-9-11-21(2)3;/h13H,5-12H2,1-4H3,(H2,16,17,18);1H. The summed E-state index contributed by atoms with van der Waals surface area (Å²) >= 11 is 0. The maximum atomic E-state index is 4.22. The Morgan fingerprint density at radius 1 is 1.17 bits per heavy atom. The highest BCUT2D eigenvalue weighted by Gasteiger charge is 2.02. The van der Waals surface area contributed by atoms with Crippen LogP contribution in [0.5, 0.6) is 0 Å². The second-order valence-corrected chi connectivity index (χ2v) is 5.72. The summed E-state index contributed by atoms with van der Waals surface area (Å²) in [6, 6.07) is 0. The molecule has 0 aliphatic heterocycles. The molecule has 0 saturated carbocycles. The molecule has 23 heavy (non-hydrogen) atoms. The third-order valence-corrected chi connectivity index (χ3v) is 3.52. The molecular formula is C15H32IN7. The van der Waals surface area contributed by atoms with E-state index < -0.39 is 0 Å². The number of nitrogens with zero attached hydrogens (tertiary/aromatic N) is 5. The zero-order chi connectivity index (χ0) is 16.2. The predicted octanol–water partition coefficient (Wildman–Crippen LogP) is 1.61. The highest BCUT2D eigenvalue weighted by atomic mass is 127. The van der Waals surface area contributed by atoms with Gasteiger partial charge in [0.25, 0.3) is 0 Å². The number of guanidine groups is 1. The van der Waals surface area contributed by atoms with Gasteiger partial charge < -0.3 is 15.5 Å². The van der Waals surface area contributed by atoms with Crippen LogP contribution in [0.1, 0.15) is 37.9 Å². The average Bonchev–Trinajstić information content (AvgIpc) is 2.90. The summed E-state index contributed by atoms with van der Waals surface area (Å²) < 4.78 is 1.76. The molecule has 1 aromatic rings. The van der Waals surface area contributed by atoms with E-state index in [2.05, 4.69) is 44.7 Å². The maximum Gasteiger partial charge on any atom is 0.191 e. The molecule has 8 heteroatoms. The fraction of sp³-hybridized carbons (Fsp3) is 0.800. The third kappa shape index (κ3) is 10.5. The summed E-state index contributed by atoms with van der Waals surface area (Å²) in [5.41, 5.74) is 0. The fourth-order valence-corrected chi connectivity index (χ4v) is 2.15. The predicted molar refractivity (Wildman–Crippen MR) is 106 cm³/mol. The van der Waals surface area contributed by atoms with Crippen LogP contribution in [0.2, 0.25) is 0 Å². The molecule has 0 atom stereocenters. The number of hydrogen-bond donors (Lipinski definition) is 2. The van der Waals surface area contributed by atoms with Crippen LogP contribution in [0.4, 0.5) is 0 Å². The molecule has 0 spiro atoms. The number of unbranched alkanes of at least 4 members (excludes halogenated alkanes) is 4. The lowest BCUT2D eigenvalue weighted by atomic mass is 10.1. The number of aryl methyl sites for hydroxylation is 1. The number of nitrogens with one attached hydrogen (secondary N) is 2. The van der Waals surface area contributed by atoms with E-state index >= 15 is 0 Å². The number of aliphatic imine (C=N–C) groups is 1. The topological polar surface area (TPSA) is 70.4 Å². The average molecular weight is 437 g/mol. The Labute approximate surface area is 157 Å². The summed E-state index contributed by atoms with van der Waals surface area (Å²) in [5.74, 6) is 1.71. The van der Waals surface area contributed by atoms with E-state index in [4.69, 9.17) is 0 Å². The lowest BCUT2D eigenvalue weighted by Crippen LogP contribution is -2.37. The zero-order valence-corrected chi connectivity index (χ0v) is 17.2. The van der Waals surface area contributed by atoms with Crippen LogP contribution in [0.15, 0.2) is 11.3 Å². The third-order valence-electron chi connectivity index (χ3n) is 3.52. The molecule has 0 saturated heterocycles. The highest BCUT2D eigenvalue weighted by Crippen LogP contribution is 2.02. The summed E-state index contributed by atoms with van der Waals surface area (Å²) in [4.78, 5) is 10.6. The van der Waals surface area contributed by atoms with Gasteiger partial charge in [-0.15, -0.1) is 24.0 Å². The molecule has 0 unspecified atom stereocenters. The van der Waals surface area contributed by atoms with E-state index in [1.54, 1.807) is 18.1 Å². The molecule has 1 rings (SSSR count). The lowest BCUT2D eigenvalue weighted by Gasteiger charge is -2.11. The molecule has 0 bridgehead atoms. The minimum Gasteiger partial charge on any atom is -0.356 e. The molecule has 0 radical (unpaired) electrons. The normalized spacial score (nSPS) is 11.4. The first-order valence-electron chi connectivity index (χ1n) is 8.05. The first-order valence-corrected chi connectivity index (χ1v) is 8.05. The van der Waals surface area contributed by atoms with E-state index in [9.17, 15) is 0 Å². The van der Waals surface area contributed by atoms with Crippen molar-refractivity contribution in [2.45, 2.75) is 38.6 Å². The number of halogens is 1. The van der Waals surface area contributed by atoms with Crippen molar-refractivity contribution in [1.82, 2.24) is 30.3 Å². The highest BCUT2D eigenvalue weighted by molar-refractivity contribution is 14.0. The quantitative estimate of drug-likeness (QED) is 0.252. The Morgan fingerprint density at radius 3 is 2.48 bits per heavy atom. The fourth-order valence-electron chi connectivity index (χ4n) is 2.15. The van der Waals surface area contributed by atoms with Gasteiger partial charge in [0.15, 0.2) is 5.96 Å². The number of hydrogen-bond acceptors (Lipinski definition) is 4. The van der Waals surface area contributed by atoms with Crippen LogP contribution in [0.25, 0.3) is 0 Å². The number of aromatic nitrogens is 3.